The second kappa shape index (κ2) is 6.98. The summed E-state index contributed by atoms with van der Waals surface area (Å²) in [6.07, 6.45) is 4.16. The van der Waals surface area contributed by atoms with Gasteiger partial charge in [0.05, 0.1) is 11.1 Å². The van der Waals surface area contributed by atoms with Gasteiger partial charge in [0.15, 0.2) is 5.78 Å². The Labute approximate surface area is 129 Å². The van der Waals surface area contributed by atoms with Gasteiger partial charge in [-0.1, -0.05) is 25.8 Å². The molecule has 0 aliphatic rings. The molecule has 0 aromatic heterocycles. The Morgan fingerprint density at radius 3 is 2.14 bits per heavy atom. The van der Waals surface area contributed by atoms with Crippen LogP contribution in [0.3, 0.4) is 0 Å². The van der Waals surface area contributed by atoms with E-state index in [1.54, 1.807) is 12.1 Å². The van der Waals surface area contributed by atoms with Crippen LogP contribution in [0.1, 0.15) is 47.7 Å². The summed E-state index contributed by atoms with van der Waals surface area (Å²) >= 11 is 0. The summed E-state index contributed by atoms with van der Waals surface area (Å²) in [5, 5.41) is 29.1. The summed E-state index contributed by atoms with van der Waals surface area (Å²) in [4.78, 5) is 12.4. The van der Waals surface area contributed by atoms with Crippen LogP contribution >= 0.6 is 0 Å². The molecule has 3 N–H and O–H groups in total. The van der Waals surface area contributed by atoms with Crippen molar-refractivity contribution in [3.8, 4) is 17.2 Å². The van der Waals surface area contributed by atoms with Gasteiger partial charge in [-0.2, -0.15) is 0 Å². The molecule has 0 amide bonds. The van der Waals surface area contributed by atoms with Crippen LogP contribution in [0.15, 0.2) is 36.4 Å². The number of phenolic OH excluding ortho intramolecular Hbond substituents is 3. The third-order valence-electron chi connectivity index (χ3n) is 3.60. The summed E-state index contributed by atoms with van der Waals surface area (Å²) in [5.74, 6) is -0.998. The van der Waals surface area contributed by atoms with E-state index in [4.69, 9.17) is 0 Å². The van der Waals surface area contributed by atoms with E-state index in [1.807, 2.05) is 6.07 Å². The molecule has 116 valence electrons. The zero-order valence-corrected chi connectivity index (χ0v) is 12.5. The largest absolute Gasteiger partial charge is 0.508 e. The Hall–Kier alpha value is -2.49. The van der Waals surface area contributed by atoms with E-state index in [2.05, 4.69) is 6.92 Å². The molecule has 4 nitrogen and oxygen atoms in total. The van der Waals surface area contributed by atoms with E-state index in [-0.39, 0.29) is 28.4 Å². The van der Waals surface area contributed by atoms with Crippen molar-refractivity contribution in [3.63, 3.8) is 0 Å². The van der Waals surface area contributed by atoms with E-state index >= 15 is 0 Å². The molecule has 2 aromatic rings. The van der Waals surface area contributed by atoms with Gasteiger partial charge in [0, 0.05) is 6.07 Å². The molecular formula is C18H20O4. The van der Waals surface area contributed by atoms with Gasteiger partial charge in [-0.05, 0) is 42.7 Å². The standard InChI is InChI=1S/C18H20O4/c1-2-3-4-5-12-6-8-14(16(20)10-12)18(22)15-9-7-13(19)11-17(15)21/h6-11,19-21H,2-5H2,1H3. The first-order chi connectivity index (χ1) is 10.5. The normalized spacial score (nSPS) is 10.6. The molecule has 0 saturated heterocycles. The number of unbranched alkanes of at least 4 members (excludes halogenated alkanes) is 2. The minimum Gasteiger partial charge on any atom is -0.508 e. The molecule has 0 atom stereocenters. The molecule has 0 radical (unpaired) electrons. The molecule has 4 heteroatoms. The van der Waals surface area contributed by atoms with Gasteiger partial charge in [-0.15, -0.1) is 0 Å². The van der Waals surface area contributed by atoms with Gasteiger partial charge in [0.25, 0.3) is 0 Å². The maximum atomic E-state index is 12.4. The second-order valence-electron chi connectivity index (χ2n) is 5.34. The number of carbonyl (C=O) groups excluding carboxylic acids is 1. The first-order valence-corrected chi connectivity index (χ1v) is 7.41. The van der Waals surface area contributed by atoms with Crippen LogP contribution in [0, 0.1) is 0 Å². The van der Waals surface area contributed by atoms with Gasteiger partial charge < -0.3 is 15.3 Å². The summed E-state index contributed by atoms with van der Waals surface area (Å²) in [6.45, 7) is 2.13. The molecule has 0 aliphatic heterocycles. The molecule has 2 rings (SSSR count). The highest BCUT2D eigenvalue weighted by molar-refractivity contribution is 6.12. The lowest BCUT2D eigenvalue weighted by molar-refractivity contribution is 0.103. The molecule has 0 unspecified atom stereocenters. The van der Waals surface area contributed by atoms with Crippen molar-refractivity contribution >= 4 is 5.78 Å². The monoisotopic (exact) mass is 300 g/mol. The van der Waals surface area contributed by atoms with E-state index in [0.29, 0.717) is 0 Å². The van der Waals surface area contributed by atoms with Crippen LogP contribution in [-0.4, -0.2) is 21.1 Å². The summed E-state index contributed by atoms with van der Waals surface area (Å²) in [6, 6.07) is 8.75. The average molecular weight is 300 g/mol. The first kappa shape index (κ1) is 15.9. The molecule has 0 aliphatic carbocycles. The number of aryl methyl sites for hydroxylation is 1. The van der Waals surface area contributed by atoms with Gasteiger partial charge in [0.2, 0.25) is 0 Å². The van der Waals surface area contributed by atoms with Gasteiger partial charge in [-0.25, -0.2) is 0 Å². The summed E-state index contributed by atoms with van der Waals surface area (Å²) in [5.41, 5.74) is 1.17. The lowest BCUT2D eigenvalue weighted by atomic mass is 9.98. The molecule has 0 bridgehead atoms. The number of hydrogen-bond acceptors (Lipinski definition) is 4. The predicted molar refractivity (Wildman–Crippen MR) is 84.5 cm³/mol. The number of ketones is 1. The van der Waals surface area contributed by atoms with Crippen LogP contribution in [0.4, 0.5) is 0 Å². The minimum absolute atomic E-state index is 0.0480. The summed E-state index contributed by atoms with van der Waals surface area (Å²) < 4.78 is 0. The molecular weight excluding hydrogens is 280 g/mol. The Morgan fingerprint density at radius 1 is 0.909 bits per heavy atom. The van der Waals surface area contributed by atoms with Crippen LogP contribution in [0.25, 0.3) is 0 Å². The highest BCUT2D eigenvalue weighted by Crippen LogP contribution is 2.28. The number of aromatic hydroxyl groups is 3. The number of rotatable bonds is 6. The van der Waals surface area contributed by atoms with Crippen molar-refractivity contribution in [2.24, 2.45) is 0 Å². The molecule has 0 fully saturated rings. The zero-order valence-electron chi connectivity index (χ0n) is 12.5. The molecule has 0 saturated carbocycles. The molecule has 0 heterocycles. The third kappa shape index (κ3) is 3.58. The van der Waals surface area contributed by atoms with Crippen molar-refractivity contribution in [3.05, 3.63) is 53.1 Å². The van der Waals surface area contributed by atoms with Crippen molar-refractivity contribution in [2.45, 2.75) is 32.6 Å². The van der Waals surface area contributed by atoms with E-state index in [9.17, 15) is 20.1 Å². The molecule has 2 aromatic carbocycles. The molecule has 0 spiro atoms. The quantitative estimate of drug-likeness (QED) is 0.560. The lowest BCUT2D eigenvalue weighted by Crippen LogP contribution is -2.02. The van der Waals surface area contributed by atoms with E-state index < -0.39 is 5.78 Å². The van der Waals surface area contributed by atoms with E-state index in [1.165, 1.54) is 12.1 Å². The van der Waals surface area contributed by atoms with Crippen LogP contribution in [0.5, 0.6) is 17.2 Å². The fourth-order valence-corrected chi connectivity index (χ4v) is 2.36. The zero-order chi connectivity index (χ0) is 16.1. The SMILES string of the molecule is CCCCCc1ccc(C(=O)c2ccc(O)cc2O)c(O)c1. The Kier molecular flexibility index (Phi) is 5.04. The highest BCUT2D eigenvalue weighted by atomic mass is 16.3. The van der Waals surface area contributed by atoms with Crippen molar-refractivity contribution < 1.29 is 20.1 Å². The van der Waals surface area contributed by atoms with Crippen LogP contribution in [0.2, 0.25) is 0 Å². The first-order valence-electron chi connectivity index (χ1n) is 7.41. The lowest BCUT2D eigenvalue weighted by Gasteiger charge is -2.08. The number of carbonyl (C=O) groups is 1. The maximum absolute atomic E-state index is 12.4. The number of hydrogen-bond donors (Lipinski definition) is 3. The van der Waals surface area contributed by atoms with Crippen molar-refractivity contribution in [2.75, 3.05) is 0 Å². The Bertz CT molecular complexity index is 677. The maximum Gasteiger partial charge on any atom is 0.200 e. The topological polar surface area (TPSA) is 77.8 Å². The highest BCUT2D eigenvalue weighted by Gasteiger charge is 2.17. The fourth-order valence-electron chi connectivity index (χ4n) is 2.36. The summed E-state index contributed by atoms with van der Waals surface area (Å²) in [7, 11) is 0. The third-order valence-corrected chi connectivity index (χ3v) is 3.60. The predicted octanol–water partition coefficient (Wildman–Crippen LogP) is 3.77. The Balaban J connectivity index is 2.23. The molecule has 22 heavy (non-hydrogen) atoms. The van der Waals surface area contributed by atoms with E-state index in [0.717, 1.165) is 37.3 Å². The van der Waals surface area contributed by atoms with Gasteiger partial charge in [0.1, 0.15) is 17.2 Å². The van der Waals surface area contributed by atoms with Crippen molar-refractivity contribution in [1.29, 1.82) is 0 Å². The minimum atomic E-state index is -0.477. The average Bonchev–Trinajstić information content (AvgIpc) is 2.47. The smallest absolute Gasteiger partial charge is 0.200 e. The number of phenols is 3. The van der Waals surface area contributed by atoms with Crippen LogP contribution in [-0.2, 0) is 6.42 Å². The number of benzene rings is 2. The van der Waals surface area contributed by atoms with Gasteiger partial charge in [-0.3, -0.25) is 4.79 Å². The Morgan fingerprint density at radius 2 is 1.55 bits per heavy atom. The van der Waals surface area contributed by atoms with Gasteiger partial charge >= 0.3 is 0 Å². The second-order valence-corrected chi connectivity index (χ2v) is 5.34. The fraction of sp³-hybridized carbons (Fsp3) is 0.278. The van der Waals surface area contributed by atoms with Crippen molar-refractivity contribution in [1.82, 2.24) is 0 Å². The van der Waals surface area contributed by atoms with Crippen LogP contribution < -0.4 is 0 Å².